The van der Waals surface area contributed by atoms with Gasteiger partial charge in [0.2, 0.25) is 0 Å². The van der Waals surface area contributed by atoms with Crippen molar-refractivity contribution < 1.29 is 0 Å². The molecule has 1 unspecified atom stereocenters. The van der Waals surface area contributed by atoms with Crippen molar-refractivity contribution in [1.29, 1.82) is 0 Å². The maximum Gasteiger partial charge on any atom is 0.0922 e. The lowest BCUT2D eigenvalue weighted by Gasteiger charge is -2.08. The molecule has 0 fully saturated rings. The molecule has 56 valence electrons. The van der Waals surface area contributed by atoms with Crippen molar-refractivity contribution in [3.8, 4) is 0 Å². The van der Waals surface area contributed by atoms with Gasteiger partial charge in [0.1, 0.15) is 0 Å². The molecule has 1 rings (SSSR count). The van der Waals surface area contributed by atoms with Crippen LogP contribution >= 0.6 is 0 Å². The first-order chi connectivity index (χ1) is 4.93. The maximum atomic E-state index is 10.2. The van der Waals surface area contributed by atoms with Crippen LogP contribution in [0.15, 0.2) is 17.3 Å². The highest BCUT2D eigenvalue weighted by Crippen LogP contribution is 2.14. The van der Waals surface area contributed by atoms with E-state index in [-0.39, 0.29) is 6.04 Å². The highest BCUT2D eigenvalue weighted by Gasteiger charge is 2.07. The summed E-state index contributed by atoms with van der Waals surface area (Å²) in [6.07, 6.45) is 9.53. The molecule has 10 heavy (non-hydrogen) atoms. The van der Waals surface area contributed by atoms with Crippen LogP contribution < -0.4 is 0 Å². The molecule has 0 amide bonds. The van der Waals surface area contributed by atoms with Gasteiger partial charge in [-0.2, -0.15) is 4.91 Å². The first kappa shape index (κ1) is 7.45. The molecule has 0 N–H and O–H groups in total. The third-order valence-electron chi connectivity index (χ3n) is 1.89. The summed E-state index contributed by atoms with van der Waals surface area (Å²) in [5.41, 5.74) is 0. The molecular formula is C8H13NO. The summed E-state index contributed by atoms with van der Waals surface area (Å²) in [4.78, 5) is 10.2. The Balaban J connectivity index is 2.34. The second kappa shape index (κ2) is 4.20. The summed E-state index contributed by atoms with van der Waals surface area (Å²) in [6.45, 7) is 0. The molecule has 2 heteroatoms. The quantitative estimate of drug-likeness (QED) is 0.405. The Kier molecular flexibility index (Phi) is 3.13. The van der Waals surface area contributed by atoms with Gasteiger partial charge >= 0.3 is 0 Å². The van der Waals surface area contributed by atoms with E-state index in [4.69, 9.17) is 0 Å². The Bertz CT molecular complexity index is 131. The zero-order valence-electron chi connectivity index (χ0n) is 6.12. The lowest BCUT2D eigenvalue weighted by atomic mass is 10.0. The smallest absolute Gasteiger partial charge is 0.0922 e. The van der Waals surface area contributed by atoms with Crippen LogP contribution in [0.5, 0.6) is 0 Å². The molecule has 0 saturated heterocycles. The first-order valence-electron chi connectivity index (χ1n) is 3.91. The van der Waals surface area contributed by atoms with E-state index >= 15 is 0 Å². The molecular weight excluding hydrogens is 126 g/mol. The van der Waals surface area contributed by atoms with E-state index in [1.807, 2.05) is 0 Å². The fraction of sp³-hybridized carbons (Fsp3) is 0.750. The third-order valence-corrected chi connectivity index (χ3v) is 1.89. The Morgan fingerprint density at radius 2 is 2.00 bits per heavy atom. The van der Waals surface area contributed by atoms with Crippen LogP contribution in [-0.2, 0) is 0 Å². The van der Waals surface area contributed by atoms with Crippen LogP contribution in [0, 0.1) is 4.91 Å². The summed E-state index contributed by atoms with van der Waals surface area (Å²) < 4.78 is 0. The van der Waals surface area contributed by atoms with E-state index in [1.54, 1.807) is 0 Å². The van der Waals surface area contributed by atoms with E-state index in [0.29, 0.717) is 0 Å². The molecule has 2 nitrogen and oxygen atoms in total. The van der Waals surface area contributed by atoms with Gasteiger partial charge in [0, 0.05) is 0 Å². The fourth-order valence-corrected chi connectivity index (χ4v) is 1.25. The largest absolute Gasteiger partial charge is 0.151 e. The number of nitrogens with zero attached hydrogens (tertiary/aromatic N) is 1. The first-order valence-corrected chi connectivity index (χ1v) is 3.91. The van der Waals surface area contributed by atoms with Crippen LogP contribution in [0.25, 0.3) is 0 Å². The standard InChI is InChI=1S/C8H13NO/c10-9-8-6-4-2-1-3-5-7-8/h1-2,8H,3-7H2/b2-1-. The molecule has 0 bridgehead atoms. The molecule has 0 saturated carbocycles. The molecule has 1 aliphatic rings. The molecule has 0 aliphatic heterocycles. The minimum absolute atomic E-state index is 0.0879. The highest BCUT2D eigenvalue weighted by atomic mass is 16.3. The summed E-state index contributed by atoms with van der Waals surface area (Å²) in [6, 6.07) is 0.0879. The third kappa shape index (κ3) is 2.29. The van der Waals surface area contributed by atoms with Gasteiger partial charge in [0.15, 0.2) is 0 Å². The maximum absolute atomic E-state index is 10.2. The summed E-state index contributed by atoms with van der Waals surface area (Å²) >= 11 is 0. The van der Waals surface area contributed by atoms with Crippen molar-refractivity contribution >= 4 is 0 Å². The Morgan fingerprint density at radius 3 is 2.80 bits per heavy atom. The molecule has 0 heterocycles. The molecule has 0 aromatic carbocycles. The van der Waals surface area contributed by atoms with Crippen molar-refractivity contribution in [2.75, 3.05) is 0 Å². The van der Waals surface area contributed by atoms with Gasteiger partial charge in [-0.15, -0.1) is 0 Å². The van der Waals surface area contributed by atoms with Crippen molar-refractivity contribution in [1.82, 2.24) is 0 Å². The van der Waals surface area contributed by atoms with E-state index in [2.05, 4.69) is 17.3 Å². The number of hydrogen-bond donors (Lipinski definition) is 0. The monoisotopic (exact) mass is 139 g/mol. The second-order valence-corrected chi connectivity index (χ2v) is 2.74. The average molecular weight is 139 g/mol. The van der Waals surface area contributed by atoms with Gasteiger partial charge in [-0.05, 0) is 32.1 Å². The van der Waals surface area contributed by atoms with E-state index in [9.17, 15) is 4.91 Å². The van der Waals surface area contributed by atoms with Crippen LogP contribution in [0.3, 0.4) is 0 Å². The minimum Gasteiger partial charge on any atom is -0.151 e. The lowest BCUT2D eigenvalue weighted by molar-refractivity contribution is 0.543. The fourth-order valence-electron chi connectivity index (χ4n) is 1.25. The van der Waals surface area contributed by atoms with Crippen molar-refractivity contribution in [2.24, 2.45) is 5.18 Å². The molecule has 1 aliphatic carbocycles. The zero-order chi connectivity index (χ0) is 7.23. The van der Waals surface area contributed by atoms with Crippen LogP contribution in [0.1, 0.15) is 32.1 Å². The number of allylic oxidation sites excluding steroid dienone is 2. The molecule has 0 radical (unpaired) electrons. The normalized spacial score (nSPS) is 30.2. The Hall–Kier alpha value is -0.660. The van der Waals surface area contributed by atoms with Crippen LogP contribution in [-0.4, -0.2) is 6.04 Å². The summed E-state index contributed by atoms with van der Waals surface area (Å²) in [7, 11) is 0. The van der Waals surface area contributed by atoms with Gasteiger partial charge in [-0.3, -0.25) is 0 Å². The number of hydrogen-bond acceptors (Lipinski definition) is 2. The van der Waals surface area contributed by atoms with Crippen molar-refractivity contribution in [3.63, 3.8) is 0 Å². The van der Waals surface area contributed by atoms with Crippen LogP contribution in [0.4, 0.5) is 0 Å². The van der Waals surface area contributed by atoms with E-state index in [0.717, 1.165) is 32.1 Å². The number of nitroso groups, excluding NO2 is 1. The average Bonchev–Trinajstić information content (AvgIpc) is 1.87. The SMILES string of the molecule is O=NC1CC/C=C\CCC1. The Labute approximate surface area is 61.3 Å². The predicted octanol–water partition coefficient (Wildman–Crippen LogP) is 2.64. The molecule has 0 aromatic heterocycles. The molecule has 0 aromatic rings. The van der Waals surface area contributed by atoms with Gasteiger partial charge in [0.05, 0.1) is 6.04 Å². The molecule has 1 atom stereocenters. The van der Waals surface area contributed by atoms with Crippen LogP contribution in [0.2, 0.25) is 0 Å². The second-order valence-electron chi connectivity index (χ2n) is 2.74. The topological polar surface area (TPSA) is 29.4 Å². The Morgan fingerprint density at radius 1 is 1.20 bits per heavy atom. The number of rotatable bonds is 1. The van der Waals surface area contributed by atoms with Gasteiger partial charge in [-0.25, -0.2) is 0 Å². The van der Waals surface area contributed by atoms with Crippen molar-refractivity contribution in [2.45, 2.75) is 38.1 Å². The minimum atomic E-state index is 0.0879. The van der Waals surface area contributed by atoms with Gasteiger partial charge in [-0.1, -0.05) is 17.3 Å². The van der Waals surface area contributed by atoms with Gasteiger partial charge in [0.25, 0.3) is 0 Å². The predicted molar refractivity (Wildman–Crippen MR) is 41.8 cm³/mol. The van der Waals surface area contributed by atoms with E-state index < -0.39 is 0 Å². The zero-order valence-corrected chi connectivity index (χ0v) is 6.12. The summed E-state index contributed by atoms with van der Waals surface area (Å²) in [5, 5.41) is 3.07. The molecule has 0 spiro atoms. The lowest BCUT2D eigenvalue weighted by Crippen LogP contribution is -2.03. The van der Waals surface area contributed by atoms with E-state index in [1.165, 1.54) is 0 Å². The summed E-state index contributed by atoms with van der Waals surface area (Å²) in [5.74, 6) is 0. The highest BCUT2D eigenvalue weighted by molar-refractivity contribution is 4.86. The van der Waals surface area contributed by atoms with Gasteiger partial charge < -0.3 is 0 Å². The van der Waals surface area contributed by atoms with Crippen molar-refractivity contribution in [3.05, 3.63) is 17.1 Å².